The topological polar surface area (TPSA) is 124 Å². The molecule has 2 aromatic heterocycles. The monoisotopic (exact) mass is 494 g/mol. The molecule has 1 aliphatic carbocycles. The zero-order chi connectivity index (χ0) is 25.0. The zero-order valence-corrected chi connectivity index (χ0v) is 21.0. The van der Waals surface area contributed by atoms with Crippen LogP contribution in [0.1, 0.15) is 64.5 Å². The van der Waals surface area contributed by atoms with Crippen LogP contribution in [-0.4, -0.2) is 33.0 Å². The Morgan fingerprint density at radius 2 is 1.94 bits per heavy atom. The number of sulfonamides is 1. The van der Waals surface area contributed by atoms with E-state index in [1.807, 2.05) is 37.6 Å². The van der Waals surface area contributed by atoms with Crippen LogP contribution in [0.25, 0.3) is 10.9 Å². The van der Waals surface area contributed by atoms with Crippen molar-refractivity contribution in [1.29, 1.82) is 5.26 Å². The van der Waals surface area contributed by atoms with Gasteiger partial charge in [0.05, 0.1) is 28.4 Å². The summed E-state index contributed by atoms with van der Waals surface area (Å²) in [6.45, 7) is 5.92. The van der Waals surface area contributed by atoms with E-state index in [2.05, 4.69) is 16.4 Å². The van der Waals surface area contributed by atoms with Crippen molar-refractivity contribution >= 4 is 32.4 Å². The summed E-state index contributed by atoms with van der Waals surface area (Å²) < 4.78 is 29.3. The fourth-order valence-corrected chi connectivity index (χ4v) is 7.26. The van der Waals surface area contributed by atoms with Crippen LogP contribution in [0.3, 0.4) is 0 Å². The van der Waals surface area contributed by atoms with Gasteiger partial charge in [0.1, 0.15) is 5.39 Å². The molecule has 2 atom stereocenters. The molecule has 2 aliphatic rings. The number of aromatic amines is 1. The third-order valence-electron chi connectivity index (χ3n) is 7.04. The summed E-state index contributed by atoms with van der Waals surface area (Å²) in [5.41, 5.74) is 1.24. The quantitative estimate of drug-likeness (QED) is 0.520. The van der Waals surface area contributed by atoms with Gasteiger partial charge in [-0.15, -0.1) is 0 Å². The van der Waals surface area contributed by atoms with Gasteiger partial charge in [0, 0.05) is 24.0 Å². The van der Waals surface area contributed by atoms with Crippen LogP contribution in [0.2, 0.25) is 0 Å². The van der Waals surface area contributed by atoms with E-state index >= 15 is 0 Å². The first-order chi connectivity index (χ1) is 16.6. The largest absolute Gasteiger partial charge is 0.338 e. The molecule has 35 heavy (non-hydrogen) atoms. The average molecular weight is 495 g/mol. The van der Waals surface area contributed by atoms with Gasteiger partial charge < -0.3 is 10.3 Å². The Bertz CT molecular complexity index is 1490. The van der Waals surface area contributed by atoms with Crippen LogP contribution < -0.4 is 10.9 Å². The number of pyridine rings is 1. The first kappa shape index (κ1) is 23.6. The summed E-state index contributed by atoms with van der Waals surface area (Å²) in [6.07, 6.45) is 6.37. The van der Waals surface area contributed by atoms with Crippen molar-refractivity contribution in [2.45, 2.75) is 75.9 Å². The Balaban J connectivity index is 1.56. The molecule has 1 aliphatic heterocycles. The Kier molecular flexibility index (Phi) is 5.73. The van der Waals surface area contributed by atoms with E-state index in [1.165, 1.54) is 4.31 Å². The molecule has 1 unspecified atom stereocenters. The number of fused-ring (bicyclic) bond motifs is 2. The highest BCUT2D eigenvalue weighted by molar-refractivity contribution is 7.89. The molecule has 0 spiro atoms. The van der Waals surface area contributed by atoms with Gasteiger partial charge in [0.2, 0.25) is 10.0 Å². The highest BCUT2D eigenvalue weighted by Gasteiger charge is 2.41. The lowest BCUT2D eigenvalue weighted by Crippen LogP contribution is -2.41. The van der Waals surface area contributed by atoms with Crippen molar-refractivity contribution in [2.24, 2.45) is 5.92 Å². The second-order valence-corrected chi connectivity index (χ2v) is 12.3. The number of aromatic nitrogens is 3. The second-order valence-electron chi connectivity index (χ2n) is 10.4. The van der Waals surface area contributed by atoms with Crippen LogP contribution in [-0.2, 0) is 16.6 Å². The molecule has 10 heteroatoms. The van der Waals surface area contributed by atoms with Gasteiger partial charge >= 0.3 is 0 Å². The van der Waals surface area contributed by atoms with Crippen LogP contribution in [0.4, 0.5) is 11.5 Å². The summed E-state index contributed by atoms with van der Waals surface area (Å²) in [6, 6.07) is 9.30. The maximum atomic E-state index is 13.0. The molecule has 1 fully saturated rings. The number of anilines is 2. The molecule has 3 aromatic rings. The molecule has 1 aromatic carbocycles. The first-order valence-electron chi connectivity index (χ1n) is 12.0. The van der Waals surface area contributed by atoms with E-state index in [4.69, 9.17) is 5.10 Å². The van der Waals surface area contributed by atoms with E-state index in [1.54, 1.807) is 18.3 Å². The lowest BCUT2D eigenvalue weighted by Gasteiger charge is -2.29. The maximum absolute atomic E-state index is 13.0. The van der Waals surface area contributed by atoms with Gasteiger partial charge in [-0.2, -0.15) is 14.7 Å². The SMILES string of the molecule is CC(C)(C)N1Cc2cc(Nc3nn([C@H]4CCCCCC4C#N)c4cc[nH]c(=O)c34)ccc2S1(=O)=O. The molecule has 2 N–H and O–H groups in total. The molecular formula is C25H30N6O3S. The average Bonchev–Trinajstić information content (AvgIpc) is 3.17. The Hall–Kier alpha value is -3.16. The van der Waals surface area contributed by atoms with E-state index in [-0.39, 0.29) is 17.5 Å². The molecular weight excluding hydrogens is 464 g/mol. The Morgan fingerprint density at radius 1 is 1.17 bits per heavy atom. The molecule has 1 saturated carbocycles. The third-order valence-corrected chi connectivity index (χ3v) is 9.25. The van der Waals surface area contributed by atoms with E-state index in [0.717, 1.165) is 32.1 Å². The van der Waals surface area contributed by atoms with Crippen molar-refractivity contribution in [2.75, 3.05) is 5.32 Å². The van der Waals surface area contributed by atoms with Crippen LogP contribution in [0.5, 0.6) is 0 Å². The fraction of sp³-hybridized carbons (Fsp3) is 0.480. The fourth-order valence-electron chi connectivity index (χ4n) is 5.30. The Morgan fingerprint density at radius 3 is 2.69 bits per heavy atom. The lowest BCUT2D eigenvalue weighted by atomic mass is 9.96. The highest BCUT2D eigenvalue weighted by atomic mass is 32.2. The number of benzene rings is 1. The number of hydrogen-bond donors (Lipinski definition) is 2. The summed E-state index contributed by atoms with van der Waals surface area (Å²) in [7, 11) is -3.56. The molecule has 184 valence electrons. The number of nitriles is 1. The third kappa shape index (κ3) is 4.02. The molecule has 0 amide bonds. The molecule has 0 radical (unpaired) electrons. The minimum atomic E-state index is -3.56. The molecule has 3 heterocycles. The first-order valence-corrected chi connectivity index (χ1v) is 13.5. The number of rotatable bonds is 3. The van der Waals surface area contributed by atoms with Crippen molar-refractivity contribution in [3.05, 3.63) is 46.4 Å². The maximum Gasteiger partial charge on any atom is 0.261 e. The van der Waals surface area contributed by atoms with Gasteiger partial charge in [-0.3, -0.25) is 9.48 Å². The number of nitrogens with one attached hydrogen (secondary N) is 2. The van der Waals surface area contributed by atoms with E-state index < -0.39 is 15.6 Å². The van der Waals surface area contributed by atoms with Crippen molar-refractivity contribution in [1.82, 2.24) is 19.1 Å². The molecule has 9 nitrogen and oxygen atoms in total. The second kappa shape index (κ2) is 8.50. The number of nitrogens with zero attached hydrogens (tertiary/aromatic N) is 4. The predicted octanol–water partition coefficient (Wildman–Crippen LogP) is 4.42. The van der Waals surface area contributed by atoms with Gasteiger partial charge in [0.15, 0.2) is 5.82 Å². The summed E-state index contributed by atoms with van der Waals surface area (Å²) in [5, 5.41) is 18.3. The Labute approximate surface area is 204 Å². The van der Waals surface area contributed by atoms with Crippen molar-refractivity contribution in [3.63, 3.8) is 0 Å². The number of H-pyrrole nitrogens is 1. The van der Waals surface area contributed by atoms with Crippen molar-refractivity contribution in [3.8, 4) is 6.07 Å². The van der Waals surface area contributed by atoms with Gasteiger partial charge in [-0.05, 0) is 63.4 Å². The van der Waals surface area contributed by atoms with Crippen molar-refractivity contribution < 1.29 is 8.42 Å². The highest BCUT2D eigenvalue weighted by Crippen LogP contribution is 2.38. The van der Waals surface area contributed by atoms with Crippen LogP contribution in [0.15, 0.2) is 40.2 Å². The van der Waals surface area contributed by atoms with E-state index in [9.17, 15) is 18.5 Å². The molecule has 0 bridgehead atoms. The standard InChI is InChI=1S/C25H30N6O3S/c1-25(2,3)30-15-17-13-18(9-10-21(17)35(30,33)34)28-23-22-20(11-12-27-24(22)32)31(29-23)19-8-6-4-5-7-16(19)14-26/h9-13,16,19H,4-8,15H2,1-3H3,(H,27,32)(H,28,29)/t16?,19-/m0/s1. The smallest absolute Gasteiger partial charge is 0.261 e. The van der Waals surface area contributed by atoms with Gasteiger partial charge in [-0.25, -0.2) is 8.42 Å². The van der Waals surface area contributed by atoms with Gasteiger partial charge in [0.25, 0.3) is 5.56 Å². The van der Waals surface area contributed by atoms with Crippen LogP contribution in [0, 0.1) is 17.2 Å². The summed E-state index contributed by atoms with van der Waals surface area (Å²) in [5.74, 6) is 0.234. The zero-order valence-electron chi connectivity index (χ0n) is 20.2. The van der Waals surface area contributed by atoms with Crippen LogP contribution >= 0.6 is 0 Å². The summed E-state index contributed by atoms with van der Waals surface area (Å²) in [4.78, 5) is 15.9. The lowest BCUT2D eigenvalue weighted by molar-refractivity contribution is 0.252. The molecule has 5 rings (SSSR count). The number of hydrogen-bond acceptors (Lipinski definition) is 6. The molecule has 0 saturated heterocycles. The minimum Gasteiger partial charge on any atom is -0.338 e. The summed E-state index contributed by atoms with van der Waals surface area (Å²) >= 11 is 0. The normalized spacial score (nSPS) is 22.5. The predicted molar refractivity (Wildman–Crippen MR) is 134 cm³/mol. The minimum absolute atomic E-state index is 0.104. The van der Waals surface area contributed by atoms with Gasteiger partial charge in [-0.1, -0.05) is 19.3 Å². The van der Waals surface area contributed by atoms with E-state index in [0.29, 0.717) is 39.4 Å².